The molecule has 4 nitrogen and oxygen atoms in total. The molecule has 1 aromatic heterocycles. The number of para-hydroxylation sites is 1. The van der Waals surface area contributed by atoms with Gasteiger partial charge in [-0.05, 0) is 39.5 Å². The second-order valence-electron chi connectivity index (χ2n) is 4.97. The lowest BCUT2D eigenvalue weighted by molar-refractivity contribution is 0.513. The molecule has 4 rings (SSSR count). The second kappa shape index (κ2) is 7.46. The molecule has 2 unspecified atom stereocenters. The van der Waals surface area contributed by atoms with Gasteiger partial charge in [0.1, 0.15) is 0 Å². The van der Waals surface area contributed by atoms with Crippen molar-refractivity contribution in [3.63, 3.8) is 0 Å². The van der Waals surface area contributed by atoms with Crippen LogP contribution in [0.25, 0.3) is 21.5 Å². The summed E-state index contributed by atoms with van der Waals surface area (Å²) in [5, 5.41) is 3.29. The minimum Gasteiger partial charge on any atom is -0.250 e. The lowest BCUT2D eigenvalue weighted by Crippen LogP contribution is -1.91. The first-order chi connectivity index (χ1) is 11.7. The van der Waals surface area contributed by atoms with Crippen molar-refractivity contribution >= 4 is 42.5 Å². The van der Waals surface area contributed by atoms with Gasteiger partial charge in [-0.15, -0.1) is 0 Å². The van der Waals surface area contributed by atoms with E-state index in [0.717, 1.165) is 15.9 Å². The molecule has 1 heterocycles. The monoisotopic (exact) mass is 356 g/mol. The smallest absolute Gasteiger partial charge is 0.250 e. The second-order valence-corrected chi connectivity index (χ2v) is 7.21. The molecule has 0 saturated heterocycles. The van der Waals surface area contributed by atoms with Crippen LogP contribution < -0.4 is 5.30 Å². The van der Waals surface area contributed by atoms with Gasteiger partial charge in [-0.3, -0.25) is 0 Å². The van der Waals surface area contributed by atoms with Crippen molar-refractivity contribution in [2.75, 3.05) is 0 Å². The zero-order valence-electron chi connectivity index (χ0n) is 12.6. The van der Waals surface area contributed by atoms with Crippen molar-refractivity contribution in [3.05, 3.63) is 78.9 Å². The zero-order chi connectivity index (χ0) is 16.9. The molecule has 3 aromatic carbocycles. The highest BCUT2D eigenvalue weighted by atomic mass is 31.1. The number of rotatable bonds is 1. The minimum atomic E-state index is -2.15. The fourth-order valence-electron chi connectivity index (χ4n) is 2.32. The number of fused-ring (bicyclic) bond motifs is 3. The van der Waals surface area contributed by atoms with Gasteiger partial charge in [0.2, 0.25) is 10.4 Å². The van der Waals surface area contributed by atoms with E-state index in [2.05, 4.69) is 0 Å². The Balaban J connectivity index is 0.000000162. The zero-order valence-corrected chi connectivity index (χ0v) is 14.4. The van der Waals surface area contributed by atoms with E-state index in [9.17, 15) is 9.13 Å². The van der Waals surface area contributed by atoms with E-state index in [1.54, 1.807) is 24.3 Å². The van der Waals surface area contributed by atoms with Gasteiger partial charge in [-0.1, -0.05) is 48.5 Å². The predicted molar refractivity (Wildman–Crippen MR) is 97.2 cm³/mol. The Bertz CT molecular complexity index is 1060. The van der Waals surface area contributed by atoms with E-state index in [1.165, 1.54) is 0 Å². The molecule has 2 atom stereocenters. The highest BCUT2D eigenvalue weighted by Gasteiger charge is 2.14. The highest BCUT2D eigenvalue weighted by molar-refractivity contribution is 7.47. The minimum absolute atomic E-state index is 0.479. The first kappa shape index (κ1) is 16.5. The summed E-state index contributed by atoms with van der Waals surface area (Å²) in [6.45, 7) is 0. The lowest BCUT2D eigenvalue weighted by Gasteiger charge is -1.94. The molecule has 0 radical (unpaired) electrons. The normalized spacial score (nSPS) is 11.7. The van der Waals surface area contributed by atoms with Crippen molar-refractivity contribution in [2.24, 2.45) is 0 Å². The van der Waals surface area contributed by atoms with Crippen molar-refractivity contribution < 1.29 is 18.2 Å². The van der Waals surface area contributed by atoms with E-state index in [4.69, 9.17) is 9.09 Å². The Morgan fingerprint density at radius 3 is 2.04 bits per heavy atom. The third kappa shape index (κ3) is 3.58. The molecule has 0 amide bonds. The fraction of sp³-hybridized carbons (Fsp3) is 0. The van der Waals surface area contributed by atoms with E-state index in [0.29, 0.717) is 10.9 Å². The Kier molecular flexibility index (Phi) is 5.12. The summed E-state index contributed by atoms with van der Waals surface area (Å²) in [6, 6.07) is 23.8. The van der Waals surface area contributed by atoms with Gasteiger partial charge in [0.15, 0.2) is 5.58 Å². The molecule has 0 aliphatic carbocycles. The van der Waals surface area contributed by atoms with Gasteiger partial charge in [0.05, 0.1) is 0 Å². The van der Waals surface area contributed by atoms with Crippen LogP contribution in [0.15, 0.2) is 83.1 Å². The standard InChI is InChI=1S/C12H8O2P.C6H5O2P/c13-15-12-8-4-2-6-10(12)9-5-1-3-7-11(9)14-15;7-9(8)6-4-2-1-3-5-6/h1-8H;1-5H/q+1;/p+1. The number of hydrogen-bond acceptors (Lipinski definition) is 3. The van der Waals surface area contributed by atoms with Crippen LogP contribution in [0.1, 0.15) is 0 Å². The van der Waals surface area contributed by atoms with Crippen LogP contribution in [0.5, 0.6) is 0 Å². The average Bonchev–Trinajstić information content (AvgIpc) is 2.63. The summed E-state index contributed by atoms with van der Waals surface area (Å²) in [5.41, 5.74) is 0.706. The van der Waals surface area contributed by atoms with Gasteiger partial charge < -0.3 is 0 Å². The first-order valence-electron chi connectivity index (χ1n) is 7.21. The summed E-state index contributed by atoms with van der Waals surface area (Å²) in [4.78, 5) is 8.53. The van der Waals surface area contributed by atoms with Crippen LogP contribution in [0.2, 0.25) is 0 Å². The van der Waals surface area contributed by atoms with Gasteiger partial charge in [-0.2, -0.15) is 4.89 Å². The Hall–Kier alpha value is -2.38. The topological polar surface area (TPSA) is 67.5 Å². The van der Waals surface area contributed by atoms with Crippen LogP contribution in [-0.2, 0) is 9.13 Å². The third-order valence-corrected chi connectivity index (χ3v) is 5.32. The molecule has 0 aliphatic heterocycles. The molecule has 0 fully saturated rings. The third-order valence-electron chi connectivity index (χ3n) is 3.44. The maximum Gasteiger partial charge on any atom is 0.597 e. The quantitative estimate of drug-likeness (QED) is 0.367. The van der Waals surface area contributed by atoms with E-state index in [1.807, 2.05) is 54.6 Å². The van der Waals surface area contributed by atoms with Crippen LogP contribution in [0.4, 0.5) is 0 Å². The van der Waals surface area contributed by atoms with Crippen molar-refractivity contribution in [1.29, 1.82) is 0 Å². The molecule has 1 N–H and O–H groups in total. The molecule has 0 saturated carbocycles. The largest absolute Gasteiger partial charge is 0.597 e. The molecule has 0 spiro atoms. The maximum absolute atomic E-state index is 11.8. The summed E-state index contributed by atoms with van der Waals surface area (Å²) in [7, 11) is -3.89. The first-order valence-corrected chi connectivity index (χ1v) is 9.60. The van der Waals surface area contributed by atoms with Gasteiger partial charge in [0.25, 0.3) is 0 Å². The van der Waals surface area contributed by atoms with Crippen molar-refractivity contribution in [1.82, 2.24) is 0 Å². The summed E-state index contributed by atoms with van der Waals surface area (Å²) in [6.07, 6.45) is 0. The molecule has 24 heavy (non-hydrogen) atoms. The molecule has 4 aromatic rings. The van der Waals surface area contributed by atoms with Gasteiger partial charge in [-0.25, -0.2) is 4.20 Å². The van der Waals surface area contributed by atoms with E-state index < -0.39 is 15.7 Å². The molecule has 118 valence electrons. The lowest BCUT2D eigenvalue weighted by atomic mass is 10.1. The molecule has 0 aliphatic rings. The Morgan fingerprint density at radius 2 is 1.38 bits per heavy atom. The van der Waals surface area contributed by atoms with Crippen molar-refractivity contribution in [3.8, 4) is 0 Å². The van der Waals surface area contributed by atoms with Crippen LogP contribution in [-0.4, -0.2) is 4.89 Å². The SMILES string of the molecule is O=[P+](O)c1ccccc1.O=[p+]1oc2ccccc2c2ccccc21. The van der Waals surface area contributed by atoms with E-state index >= 15 is 0 Å². The molecular weight excluding hydrogens is 342 g/mol. The van der Waals surface area contributed by atoms with Crippen LogP contribution >= 0.6 is 15.7 Å². The Morgan fingerprint density at radius 1 is 0.792 bits per heavy atom. The van der Waals surface area contributed by atoms with Gasteiger partial charge in [0, 0.05) is 10.8 Å². The molecule has 0 bridgehead atoms. The molecular formula is C18H14O4P2+2. The number of hydrogen-bond donors (Lipinski definition) is 1. The van der Waals surface area contributed by atoms with Crippen molar-refractivity contribution in [2.45, 2.75) is 0 Å². The van der Waals surface area contributed by atoms with Crippen LogP contribution in [0.3, 0.4) is 0 Å². The maximum atomic E-state index is 11.8. The number of benzene rings is 3. The summed E-state index contributed by atoms with van der Waals surface area (Å²) >= 11 is 0. The van der Waals surface area contributed by atoms with E-state index in [-0.39, 0.29) is 0 Å². The molecule has 6 heteroatoms. The van der Waals surface area contributed by atoms with Crippen LogP contribution in [0, 0.1) is 0 Å². The highest BCUT2D eigenvalue weighted by Crippen LogP contribution is 2.34. The summed E-state index contributed by atoms with van der Waals surface area (Å²) in [5.74, 6) is 0. The Labute approximate surface area is 140 Å². The summed E-state index contributed by atoms with van der Waals surface area (Å²) < 4.78 is 27.5. The van der Waals surface area contributed by atoms with Gasteiger partial charge >= 0.3 is 15.7 Å². The average molecular weight is 356 g/mol. The fourth-order valence-corrected chi connectivity index (χ4v) is 3.79. The predicted octanol–water partition coefficient (Wildman–Crippen LogP) is 5.38.